The number of nitrogens with zero attached hydrogens (tertiary/aromatic N) is 4. The molecule has 2 aromatic heterocycles. The second-order valence-electron chi connectivity index (χ2n) is 7.54. The van der Waals surface area contributed by atoms with Crippen LogP contribution in [0.3, 0.4) is 0 Å². The van der Waals surface area contributed by atoms with E-state index in [-0.39, 0.29) is 24.0 Å². The van der Waals surface area contributed by atoms with Gasteiger partial charge in [-0.1, -0.05) is 30.3 Å². The van der Waals surface area contributed by atoms with E-state index in [1.54, 1.807) is 0 Å². The van der Waals surface area contributed by atoms with Crippen LogP contribution in [0, 0.1) is 0 Å². The second-order valence-corrected chi connectivity index (χ2v) is 7.54. The summed E-state index contributed by atoms with van der Waals surface area (Å²) in [5.41, 5.74) is 3.16. The number of benzene rings is 1. The Labute approximate surface area is 205 Å². The molecule has 0 amide bonds. The van der Waals surface area contributed by atoms with Gasteiger partial charge in [0.15, 0.2) is 17.4 Å². The molecule has 172 valence electrons. The van der Waals surface area contributed by atoms with E-state index in [1.165, 1.54) is 5.56 Å². The largest absolute Gasteiger partial charge is 0.381 e. The summed E-state index contributed by atoms with van der Waals surface area (Å²) in [6.07, 6.45) is 4.21. The van der Waals surface area contributed by atoms with Crippen LogP contribution < -0.4 is 10.6 Å². The highest BCUT2D eigenvalue weighted by atomic mass is 127. The van der Waals surface area contributed by atoms with Crippen LogP contribution in [0.25, 0.3) is 5.65 Å². The summed E-state index contributed by atoms with van der Waals surface area (Å²) < 4.78 is 13.4. The molecular formula is C23H31IN6O2. The first-order valence-corrected chi connectivity index (χ1v) is 10.9. The third-order valence-corrected chi connectivity index (χ3v) is 5.21. The minimum Gasteiger partial charge on any atom is -0.381 e. The quantitative estimate of drug-likeness (QED) is 0.255. The second kappa shape index (κ2) is 12.7. The average Bonchev–Trinajstić information content (AvgIpc) is 3.24. The summed E-state index contributed by atoms with van der Waals surface area (Å²) in [6, 6.07) is 14.3. The Bertz CT molecular complexity index is 1000. The van der Waals surface area contributed by atoms with E-state index in [2.05, 4.69) is 52.0 Å². The Morgan fingerprint density at radius 2 is 1.97 bits per heavy atom. The number of halogens is 1. The van der Waals surface area contributed by atoms with Crippen LogP contribution >= 0.6 is 24.0 Å². The summed E-state index contributed by atoms with van der Waals surface area (Å²) in [7, 11) is 0. The van der Waals surface area contributed by atoms with Gasteiger partial charge in [-0.3, -0.25) is 4.40 Å². The van der Waals surface area contributed by atoms with Crippen molar-refractivity contribution in [2.24, 2.45) is 4.99 Å². The smallest absolute Gasteiger partial charge is 0.191 e. The average molecular weight is 550 g/mol. The van der Waals surface area contributed by atoms with E-state index < -0.39 is 0 Å². The Hall–Kier alpha value is -2.24. The summed E-state index contributed by atoms with van der Waals surface area (Å²) >= 11 is 0. The van der Waals surface area contributed by atoms with E-state index in [9.17, 15) is 0 Å². The van der Waals surface area contributed by atoms with Gasteiger partial charge in [-0.25, -0.2) is 4.99 Å². The molecule has 2 N–H and O–H groups in total. The highest BCUT2D eigenvalue weighted by Gasteiger charge is 2.14. The maximum Gasteiger partial charge on any atom is 0.191 e. The summed E-state index contributed by atoms with van der Waals surface area (Å²) in [6.45, 7) is 6.18. The van der Waals surface area contributed by atoms with Crippen LogP contribution in [0.5, 0.6) is 0 Å². The molecule has 1 aliphatic rings. The minimum absolute atomic E-state index is 0. The van der Waals surface area contributed by atoms with Crippen molar-refractivity contribution in [3.05, 3.63) is 65.6 Å². The topological polar surface area (TPSA) is 85.1 Å². The molecule has 1 aliphatic heterocycles. The monoisotopic (exact) mass is 550 g/mol. The number of aromatic nitrogens is 3. The van der Waals surface area contributed by atoms with Gasteiger partial charge in [0.05, 0.1) is 25.8 Å². The molecule has 1 fully saturated rings. The number of hydrogen-bond acceptors (Lipinski definition) is 5. The first kappa shape index (κ1) is 24.4. The summed E-state index contributed by atoms with van der Waals surface area (Å²) in [5.74, 6) is 1.59. The Balaban J connectivity index is 0.00000289. The number of pyridine rings is 1. The van der Waals surface area contributed by atoms with Gasteiger partial charge in [-0.05, 0) is 43.0 Å². The number of guanidine groups is 1. The van der Waals surface area contributed by atoms with Gasteiger partial charge in [-0.2, -0.15) is 0 Å². The van der Waals surface area contributed by atoms with Crippen molar-refractivity contribution >= 4 is 35.6 Å². The summed E-state index contributed by atoms with van der Waals surface area (Å²) in [5, 5.41) is 15.1. The zero-order valence-electron chi connectivity index (χ0n) is 18.4. The van der Waals surface area contributed by atoms with E-state index in [0.29, 0.717) is 25.8 Å². The molecule has 9 heteroatoms. The molecule has 0 radical (unpaired) electrons. The fraction of sp³-hybridized carbons (Fsp3) is 0.435. The molecule has 32 heavy (non-hydrogen) atoms. The maximum atomic E-state index is 6.05. The zero-order chi connectivity index (χ0) is 21.3. The van der Waals surface area contributed by atoms with E-state index in [0.717, 1.165) is 55.6 Å². The molecule has 1 aromatic carbocycles. The van der Waals surface area contributed by atoms with Crippen molar-refractivity contribution in [3.63, 3.8) is 0 Å². The Morgan fingerprint density at radius 3 is 2.81 bits per heavy atom. The third-order valence-electron chi connectivity index (χ3n) is 5.21. The predicted molar refractivity (Wildman–Crippen MR) is 135 cm³/mol. The lowest BCUT2D eigenvalue weighted by Gasteiger charge is -2.22. The lowest BCUT2D eigenvalue weighted by Crippen LogP contribution is -2.37. The highest BCUT2D eigenvalue weighted by Crippen LogP contribution is 2.14. The van der Waals surface area contributed by atoms with Crippen LogP contribution in [0.15, 0.2) is 53.7 Å². The number of fused-ring (bicyclic) bond motifs is 1. The molecule has 0 bridgehead atoms. The standard InChI is InChI=1S/C23H30N6O2.HI/c1-2-24-23(26-16-22-28-27-21-8-3-4-11-29(21)22)25-15-18-6-5-7-19(14-18)17-31-20-9-12-30-13-10-20;/h3-8,11,14,20H,2,9-10,12-13,15-17H2,1H3,(H2,24,25,26);1H. The van der Waals surface area contributed by atoms with Crippen molar-refractivity contribution in [1.29, 1.82) is 0 Å². The third kappa shape index (κ3) is 6.88. The van der Waals surface area contributed by atoms with Crippen LogP contribution in [0.1, 0.15) is 36.7 Å². The first-order chi connectivity index (χ1) is 15.3. The molecule has 3 aromatic rings. The molecule has 0 saturated carbocycles. The normalized spacial score (nSPS) is 14.8. The summed E-state index contributed by atoms with van der Waals surface area (Å²) in [4.78, 5) is 4.73. The van der Waals surface area contributed by atoms with E-state index in [4.69, 9.17) is 14.5 Å². The molecule has 0 atom stereocenters. The molecule has 3 heterocycles. The molecule has 8 nitrogen and oxygen atoms in total. The SMILES string of the molecule is CCNC(=NCc1cccc(COC2CCOCC2)c1)NCc1nnc2ccccn12.I. The maximum absolute atomic E-state index is 6.05. The van der Waals surface area contributed by atoms with E-state index >= 15 is 0 Å². The highest BCUT2D eigenvalue weighted by molar-refractivity contribution is 14.0. The van der Waals surface area contributed by atoms with Crippen molar-refractivity contribution in [1.82, 2.24) is 25.2 Å². The van der Waals surface area contributed by atoms with Crippen LogP contribution in [-0.2, 0) is 29.2 Å². The number of rotatable bonds is 8. The molecule has 0 spiro atoms. The minimum atomic E-state index is 0. The zero-order valence-corrected chi connectivity index (χ0v) is 20.7. The first-order valence-electron chi connectivity index (χ1n) is 10.9. The molecular weight excluding hydrogens is 519 g/mol. The molecule has 1 saturated heterocycles. The van der Waals surface area contributed by atoms with E-state index in [1.807, 2.05) is 28.8 Å². The number of ether oxygens (including phenoxy) is 2. The Kier molecular flexibility index (Phi) is 9.69. The van der Waals surface area contributed by atoms with Crippen LogP contribution in [0.4, 0.5) is 0 Å². The van der Waals surface area contributed by atoms with Crippen molar-refractivity contribution in [2.75, 3.05) is 19.8 Å². The number of nitrogens with one attached hydrogen (secondary N) is 2. The molecule has 0 unspecified atom stereocenters. The van der Waals surface area contributed by atoms with Gasteiger partial charge in [0.1, 0.15) is 0 Å². The van der Waals surface area contributed by atoms with Gasteiger partial charge >= 0.3 is 0 Å². The van der Waals surface area contributed by atoms with Crippen LogP contribution in [0.2, 0.25) is 0 Å². The molecule has 0 aliphatic carbocycles. The fourth-order valence-electron chi connectivity index (χ4n) is 3.56. The van der Waals surface area contributed by atoms with Gasteiger partial charge in [0.25, 0.3) is 0 Å². The predicted octanol–water partition coefficient (Wildman–Crippen LogP) is 3.30. The van der Waals surface area contributed by atoms with Crippen LogP contribution in [-0.4, -0.2) is 46.4 Å². The van der Waals surface area contributed by atoms with Gasteiger partial charge < -0.3 is 20.1 Å². The van der Waals surface area contributed by atoms with Gasteiger partial charge in [-0.15, -0.1) is 34.2 Å². The Morgan fingerprint density at radius 1 is 1.12 bits per heavy atom. The molecule has 4 rings (SSSR count). The van der Waals surface area contributed by atoms with Gasteiger partial charge in [0, 0.05) is 26.0 Å². The lowest BCUT2D eigenvalue weighted by molar-refractivity contribution is -0.0390. The van der Waals surface area contributed by atoms with Crippen molar-refractivity contribution < 1.29 is 9.47 Å². The number of aliphatic imine (C=N–C) groups is 1. The van der Waals surface area contributed by atoms with Gasteiger partial charge in [0.2, 0.25) is 0 Å². The lowest BCUT2D eigenvalue weighted by atomic mass is 10.1. The number of hydrogen-bond donors (Lipinski definition) is 2. The van der Waals surface area contributed by atoms with Crippen molar-refractivity contribution in [3.8, 4) is 0 Å². The fourth-order valence-corrected chi connectivity index (χ4v) is 3.56. The van der Waals surface area contributed by atoms with Crippen molar-refractivity contribution in [2.45, 2.75) is 45.6 Å².